The van der Waals surface area contributed by atoms with Crippen molar-refractivity contribution in [3.05, 3.63) is 18.2 Å². The molecule has 0 bridgehead atoms. The highest BCUT2D eigenvalue weighted by molar-refractivity contribution is 9.08. The van der Waals surface area contributed by atoms with Gasteiger partial charge in [-0.2, -0.15) is 0 Å². The minimum Gasteiger partial charge on any atom is -0.334 e. The lowest BCUT2D eigenvalue weighted by atomic mass is 9.99. The van der Waals surface area contributed by atoms with Crippen molar-refractivity contribution in [3.8, 4) is 0 Å². The van der Waals surface area contributed by atoms with Gasteiger partial charge in [0.1, 0.15) is 0 Å². The lowest BCUT2D eigenvalue weighted by Gasteiger charge is -2.35. The van der Waals surface area contributed by atoms with Gasteiger partial charge in [0.05, 0.1) is 12.0 Å². The Balaban J connectivity index is 2.05. The summed E-state index contributed by atoms with van der Waals surface area (Å²) in [6.07, 6.45) is 6.60. The zero-order valence-corrected chi connectivity index (χ0v) is 10.9. The number of rotatable bonds is 2. The number of alkyl halides is 1. The first kappa shape index (κ1) is 11.1. The normalized spacial score (nSPS) is 28.2. The van der Waals surface area contributed by atoms with Gasteiger partial charge in [-0.15, -0.1) is 0 Å². The zero-order valence-electron chi connectivity index (χ0n) is 9.36. The maximum atomic E-state index is 4.36. The van der Waals surface area contributed by atoms with E-state index in [0.29, 0.717) is 12.1 Å². The van der Waals surface area contributed by atoms with Crippen LogP contribution in [0.4, 0.5) is 0 Å². The van der Waals surface area contributed by atoms with E-state index in [1.807, 2.05) is 6.33 Å². The second-order valence-corrected chi connectivity index (χ2v) is 5.01. The third kappa shape index (κ3) is 2.42. The quantitative estimate of drug-likeness (QED) is 0.771. The standard InChI is InChI=1S/C11H18BrN3/c1-9-5-11(3-4-14(9)2)15-7-10(6-12)13-8-15/h7-9,11H,3-6H2,1-2H3. The van der Waals surface area contributed by atoms with E-state index in [2.05, 4.69) is 50.5 Å². The first-order valence-electron chi connectivity index (χ1n) is 5.49. The molecular formula is C11H18BrN3. The number of imidazole rings is 1. The summed E-state index contributed by atoms with van der Waals surface area (Å²) < 4.78 is 2.28. The Morgan fingerprint density at radius 1 is 1.60 bits per heavy atom. The molecule has 0 radical (unpaired) electrons. The van der Waals surface area contributed by atoms with Crippen molar-refractivity contribution in [2.45, 2.75) is 37.2 Å². The summed E-state index contributed by atoms with van der Waals surface area (Å²) in [5.74, 6) is 0. The van der Waals surface area contributed by atoms with Gasteiger partial charge in [0, 0.05) is 30.2 Å². The molecule has 1 aromatic rings. The van der Waals surface area contributed by atoms with E-state index in [4.69, 9.17) is 0 Å². The molecule has 0 spiro atoms. The summed E-state index contributed by atoms with van der Waals surface area (Å²) in [6, 6.07) is 1.31. The summed E-state index contributed by atoms with van der Waals surface area (Å²) in [5, 5.41) is 0.849. The summed E-state index contributed by atoms with van der Waals surface area (Å²) in [7, 11) is 2.21. The second kappa shape index (κ2) is 4.66. The Morgan fingerprint density at radius 3 is 3.00 bits per heavy atom. The fraction of sp³-hybridized carbons (Fsp3) is 0.727. The number of hydrogen-bond acceptors (Lipinski definition) is 2. The van der Waals surface area contributed by atoms with E-state index in [1.54, 1.807) is 0 Å². The van der Waals surface area contributed by atoms with Gasteiger partial charge in [0.2, 0.25) is 0 Å². The Bertz CT molecular complexity index is 323. The molecular weight excluding hydrogens is 254 g/mol. The average molecular weight is 272 g/mol. The van der Waals surface area contributed by atoms with Crippen LogP contribution in [0.1, 0.15) is 31.5 Å². The number of piperidine rings is 1. The molecule has 1 aromatic heterocycles. The van der Waals surface area contributed by atoms with Gasteiger partial charge in [0.25, 0.3) is 0 Å². The van der Waals surface area contributed by atoms with Gasteiger partial charge >= 0.3 is 0 Å². The molecule has 0 amide bonds. The monoisotopic (exact) mass is 271 g/mol. The van der Waals surface area contributed by atoms with Gasteiger partial charge < -0.3 is 9.47 Å². The molecule has 1 fully saturated rings. The lowest BCUT2D eigenvalue weighted by Crippen LogP contribution is -2.38. The topological polar surface area (TPSA) is 21.1 Å². The van der Waals surface area contributed by atoms with Gasteiger partial charge in [-0.1, -0.05) is 15.9 Å². The number of halogens is 1. The minimum absolute atomic E-state index is 0.636. The molecule has 0 saturated carbocycles. The van der Waals surface area contributed by atoms with Crippen LogP contribution in [0.25, 0.3) is 0 Å². The summed E-state index contributed by atoms with van der Waals surface area (Å²) >= 11 is 3.43. The summed E-state index contributed by atoms with van der Waals surface area (Å²) in [5.41, 5.74) is 1.13. The van der Waals surface area contributed by atoms with Crippen molar-refractivity contribution in [3.63, 3.8) is 0 Å². The number of aromatic nitrogens is 2. The van der Waals surface area contributed by atoms with E-state index < -0.39 is 0 Å². The van der Waals surface area contributed by atoms with Crippen molar-refractivity contribution >= 4 is 15.9 Å². The van der Waals surface area contributed by atoms with E-state index in [0.717, 1.165) is 11.0 Å². The maximum absolute atomic E-state index is 4.36. The molecule has 1 aliphatic heterocycles. The van der Waals surface area contributed by atoms with Crippen molar-refractivity contribution < 1.29 is 0 Å². The second-order valence-electron chi connectivity index (χ2n) is 4.45. The van der Waals surface area contributed by atoms with Crippen molar-refractivity contribution in [1.29, 1.82) is 0 Å². The van der Waals surface area contributed by atoms with Crippen LogP contribution >= 0.6 is 15.9 Å². The molecule has 84 valence electrons. The summed E-state index contributed by atoms with van der Waals surface area (Å²) in [4.78, 5) is 6.79. The minimum atomic E-state index is 0.636. The highest BCUT2D eigenvalue weighted by Crippen LogP contribution is 2.26. The molecule has 4 heteroatoms. The Morgan fingerprint density at radius 2 is 2.40 bits per heavy atom. The molecule has 1 aliphatic rings. The molecule has 15 heavy (non-hydrogen) atoms. The lowest BCUT2D eigenvalue weighted by molar-refractivity contribution is 0.157. The van der Waals surface area contributed by atoms with E-state index >= 15 is 0 Å². The molecule has 2 heterocycles. The molecule has 3 nitrogen and oxygen atoms in total. The Kier molecular flexibility index (Phi) is 3.46. The molecule has 1 saturated heterocycles. The van der Waals surface area contributed by atoms with Crippen molar-refractivity contribution in [2.75, 3.05) is 13.6 Å². The maximum Gasteiger partial charge on any atom is 0.0952 e. The fourth-order valence-electron chi connectivity index (χ4n) is 2.18. The number of likely N-dealkylation sites (tertiary alicyclic amines) is 1. The first-order chi connectivity index (χ1) is 7.20. The van der Waals surface area contributed by atoms with E-state index in [9.17, 15) is 0 Å². The molecule has 0 aliphatic carbocycles. The highest BCUT2D eigenvalue weighted by atomic mass is 79.9. The Labute approximate surface area is 99.6 Å². The third-order valence-corrected chi connectivity index (χ3v) is 3.97. The van der Waals surface area contributed by atoms with Crippen molar-refractivity contribution in [2.24, 2.45) is 0 Å². The Hall–Kier alpha value is -0.350. The van der Waals surface area contributed by atoms with Gasteiger partial charge in [-0.3, -0.25) is 0 Å². The smallest absolute Gasteiger partial charge is 0.0952 e. The molecule has 2 rings (SSSR count). The van der Waals surface area contributed by atoms with Crippen LogP contribution in [0.3, 0.4) is 0 Å². The van der Waals surface area contributed by atoms with Crippen LogP contribution in [0.5, 0.6) is 0 Å². The van der Waals surface area contributed by atoms with Crippen LogP contribution in [-0.4, -0.2) is 34.1 Å². The number of hydrogen-bond donors (Lipinski definition) is 0. The predicted octanol–water partition coefficient (Wildman–Crippen LogP) is 2.43. The third-order valence-electron chi connectivity index (χ3n) is 3.39. The molecule has 0 N–H and O–H groups in total. The van der Waals surface area contributed by atoms with Crippen LogP contribution in [0.2, 0.25) is 0 Å². The SMILES string of the molecule is CC1CC(n2cnc(CBr)c2)CCN1C. The molecule has 0 aromatic carbocycles. The zero-order chi connectivity index (χ0) is 10.8. The predicted molar refractivity (Wildman–Crippen MR) is 65.2 cm³/mol. The van der Waals surface area contributed by atoms with Crippen molar-refractivity contribution in [1.82, 2.24) is 14.5 Å². The molecule has 2 atom stereocenters. The van der Waals surface area contributed by atoms with Gasteiger partial charge in [-0.05, 0) is 26.8 Å². The van der Waals surface area contributed by atoms with Gasteiger partial charge in [-0.25, -0.2) is 4.98 Å². The highest BCUT2D eigenvalue weighted by Gasteiger charge is 2.23. The van der Waals surface area contributed by atoms with Crippen LogP contribution in [-0.2, 0) is 5.33 Å². The van der Waals surface area contributed by atoms with Gasteiger partial charge in [0.15, 0.2) is 0 Å². The van der Waals surface area contributed by atoms with E-state index in [1.165, 1.54) is 19.4 Å². The van der Waals surface area contributed by atoms with Crippen LogP contribution < -0.4 is 0 Å². The van der Waals surface area contributed by atoms with E-state index in [-0.39, 0.29) is 0 Å². The summed E-state index contributed by atoms with van der Waals surface area (Å²) in [6.45, 7) is 3.49. The number of nitrogens with zero attached hydrogens (tertiary/aromatic N) is 3. The van der Waals surface area contributed by atoms with Crippen LogP contribution in [0.15, 0.2) is 12.5 Å². The average Bonchev–Trinajstić information content (AvgIpc) is 2.70. The van der Waals surface area contributed by atoms with Crippen LogP contribution in [0, 0.1) is 0 Å². The first-order valence-corrected chi connectivity index (χ1v) is 6.61. The largest absolute Gasteiger partial charge is 0.334 e. The fourth-order valence-corrected chi connectivity index (χ4v) is 2.47. The molecule has 2 unspecified atom stereocenters.